The smallest absolute Gasteiger partial charge is 0.243 e. The number of rotatable bonds is 6. The van der Waals surface area contributed by atoms with Crippen molar-refractivity contribution in [2.75, 3.05) is 47.5 Å². The maximum absolute atomic E-state index is 12.1. The van der Waals surface area contributed by atoms with Crippen molar-refractivity contribution in [1.29, 1.82) is 0 Å². The number of guanidine groups is 1. The number of hydrogen-bond donors (Lipinski definition) is 2. The topological polar surface area (TPSA) is 75.2 Å². The van der Waals surface area contributed by atoms with Crippen molar-refractivity contribution in [2.45, 2.75) is 43.7 Å². The predicted octanol–water partition coefficient (Wildman–Crippen LogP) is 1.36. The van der Waals surface area contributed by atoms with Gasteiger partial charge in [-0.2, -0.15) is 0 Å². The quantitative estimate of drug-likeness (QED) is 0.555. The van der Waals surface area contributed by atoms with Crippen molar-refractivity contribution in [1.82, 2.24) is 15.5 Å². The van der Waals surface area contributed by atoms with Crippen molar-refractivity contribution in [3.63, 3.8) is 0 Å². The molecule has 1 aromatic rings. The second-order valence-electron chi connectivity index (χ2n) is 8.16. The first-order valence-corrected chi connectivity index (χ1v) is 10.5. The van der Waals surface area contributed by atoms with E-state index in [4.69, 9.17) is 9.47 Å². The number of carbonyl (C=O) groups is 1. The Morgan fingerprint density at radius 3 is 2.69 bits per heavy atom. The molecule has 29 heavy (non-hydrogen) atoms. The highest BCUT2D eigenvalue weighted by atomic mass is 16.5. The van der Waals surface area contributed by atoms with Gasteiger partial charge in [-0.15, -0.1) is 0 Å². The molecule has 1 unspecified atom stereocenters. The zero-order chi connectivity index (χ0) is 20.7. The highest BCUT2D eigenvalue weighted by Crippen LogP contribution is 2.24. The van der Waals surface area contributed by atoms with Crippen LogP contribution in [0.4, 0.5) is 0 Å². The Morgan fingerprint density at radius 2 is 2.00 bits per heavy atom. The second kappa shape index (κ2) is 10.1. The number of aliphatic imine (C=N–C) groups is 1. The van der Waals surface area contributed by atoms with Gasteiger partial charge >= 0.3 is 0 Å². The van der Waals surface area contributed by atoms with Gasteiger partial charge in [-0.25, -0.2) is 4.99 Å². The minimum atomic E-state index is -0.259. The Hall–Kier alpha value is -2.12. The number of nitrogens with zero attached hydrogens (tertiary/aromatic N) is 2. The molecule has 1 amide bonds. The molecule has 0 bridgehead atoms. The number of ether oxygens (including phenoxy) is 2. The summed E-state index contributed by atoms with van der Waals surface area (Å²) in [5, 5.41) is 6.99. The second-order valence-corrected chi connectivity index (χ2v) is 8.16. The van der Waals surface area contributed by atoms with Gasteiger partial charge in [-0.05, 0) is 30.4 Å². The van der Waals surface area contributed by atoms with E-state index in [1.165, 1.54) is 11.1 Å². The van der Waals surface area contributed by atoms with Gasteiger partial charge < -0.3 is 25.0 Å². The van der Waals surface area contributed by atoms with Crippen LogP contribution in [0.1, 0.15) is 30.4 Å². The zero-order valence-electron chi connectivity index (χ0n) is 17.9. The molecule has 0 aromatic heterocycles. The van der Waals surface area contributed by atoms with Crippen molar-refractivity contribution in [2.24, 2.45) is 4.99 Å². The Bertz CT molecular complexity index is 714. The molecular formula is C22H34N4O3. The third kappa shape index (κ3) is 5.93. The number of methoxy groups -OCH3 is 1. The van der Waals surface area contributed by atoms with Crippen molar-refractivity contribution >= 4 is 11.9 Å². The van der Waals surface area contributed by atoms with Crippen LogP contribution in [0.5, 0.6) is 0 Å². The first-order chi connectivity index (χ1) is 14.0. The van der Waals surface area contributed by atoms with Crippen LogP contribution in [0.25, 0.3) is 0 Å². The first kappa shape index (κ1) is 21.6. The molecule has 1 aliphatic carbocycles. The molecule has 1 saturated heterocycles. The highest BCUT2D eigenvalue weighted by molar-refractivity contribution is 5.85. The van der Waals surface area contributed by atoms with Gasteiger partial charge in [0, 0.05) is 59.8 Å². The minimum Gasteiger partial charge on any atom is -0.381 e. The molecule has 1 aromatic carbocycles. The SMILES string of the molecule is COC1(CNC(=NCC(=O)N(C)C)NC2CCc3ccccc3C2)CCOCC1. The average Bonchev–Trinajstić information content (AvgIpc) is 2.75. The lowest BCUT2D eigenvalue weighted by molar-refractivity contribution is -0.127. The van der Waals surface area contributed by atoms with E-state index in [9.17, 15) is 4.79 Å². The molecule has 1 atom stereocenters. The number of nitrogens with one attached hydrogen (secondary N) is 2. The highest BCUT2D eigenvalue weighted by Gasteiger charge is 2.33. The van der Waals surface area contributed by atoms with E-state index < -0.39 is 0 Å². The maximum Gasteiger partial charge on any atom is 0.243 e. The molecule has 7 heteroatoms. The Morgan fingerprint density at radius 1 is 1.28 bits per heavy atom. The van der Waals surface area contributed by atoms with E-state index in [1.807, 2.05) is 0 Å². The monoisotopic (exact) mass is 402 g/mol. The fraction of sp³-hybridized carbons (Fsp3) is 0.636. The normalized spacial score (nSPS) is 21.2. The van der Waals surface area contributed by atoms with Crippen LogP contribution in [0.3, 0.4) is 0 Å². The summed E-state index contributed by atoms with van der Waals surface area (Å²) in [6.07, 6.45) is 4.75. The van der Waals surface area contributed by atoms with Crippen LogP contribution in [0, 0.1) is 0 Å². The van der Waals surface area contributed by atoms with Gasteiger partial charge in [0.2, 0.25) is 5.91 Å². The molecule has 0 spiro atoms. The largest absolute Gasteiger partial charge is 0.381 e. The molecule has 0 radical (unpaired) electrons. The molecular weight excluding hydrogens is 368 g/mol. The zero-order valence-corrected chi connectivity index (χ0v) is 17.9. The summed E-state index contributed by atoms with van der Waals surface area (Å²) in [5.41, 5.74) is 2.56. The molecule has 0 saturated carbocycles. The number of aryl methyl sites for hydroxylation is 1. The molecule has 7 nitrogen and oxygen atoms in total. The Kier molecular flexibility index (Phi) is 7.50. The number of hydrogen-bond acceptors (Lipinski definition) is 4. The van der Waals surface area contributed by atoms with E-state index in [-0.39, 0.29) is 18.1 Å². The van der Waals surface area contributed by atoms with Crippen molar-refractivity contribution in [3.8, 4) is 0 Å². The molecule has 1 fully saturated rings. The lowest BCUT2D eigenvalue weighted by Crippen LogP contribution is -2.53. The summed E-state index contributed by atoms with van der Waals surface area (Å²) in [6, 6.07) is 8.90. The van der Waals surface area contributed by atoms with E-state index in [2.05, 4.69) is 39.9 Å². The number of benzene rings is 1. The van der Waals surface area contributed by atoms with Crippen LogP contribution in [0.2, 0.25) is 0 Å². The summed E-state index contributed by atoms with van der Waals surface area (Å²) in [4.78, 5) is 18.2. The third-order valence-electron chi connectivity index (χ3n) is 5.97. The van der Waals surface area contributed by atoms with E-state index in [0.29, 0.717) is 31.8 Å². The maximum atomic E-state index is 12.1. The number of carbonyl (C=O) groups excluding carboxylic acids is 1. The number of likely N-dealkylation sites (N-methyl/N-ethyl adjacent to an activating group) is 1. The summed E-state index contributed by atoms with van der Waals surface area (Å²) < 4.78 is 11.3. The van der Waals surface area contributed by atoms with Gasteiger partial charge in [0.25, 0.3) is 0 Å². The molecule has 2 aliphatic rings. The summed E-state index contributed by atoms with van der Waals surface area (Å²) in [6.45, 7) is 2.16. The predicted molar refractivity (Wildman–Crippen MR) is 114 cm³/mol. The third-order valence-corrected chi connectivity index (χ3v) is 5.97. The van der Waals surface area contributed by atoms with Crippen molar-refractivity contribution in [3.05, 3.63) is 35.4 Å². The van der Waals surface area contributed by atoms with E-state index >= 15 is 0 Å². The molecule has 2 N–H and O–H groups in total. The Balaban J connectivity index is 1.66. The lowest BCUT2D eigenvalue weighted by atomic mass is 9.88. The fourth-order valence-electron chi connectivity index (χ4n) is 3.90. The van der Waals surface area contributed by atoms with Crippen LogP contribution in [-0.4, -0.2) is 75.9 Å². The first-order valence-electron chi connectivity index (χ1n) is 10.5. The van der Waals surface area contributed by atoms with Crippen LogP contribution in [0.15, 0.2) is 29.3 Å². The van der Waals surface area contributed by atoms with Gasteiger partial charge in [0.1, 0.15) is 6.54 Å². The molecule has 1 aliphatic heterocycles. The van der Waals surface area contributed by atoms with Gasteiger partial charge in [-0.1, -0.05) is 24.3 Å². The van der Waals surface area contributed by atoms with E-state index in [1.54, 1.807) is 26.1 Å². The van der Waals surface area contributed by atoms with E-state index in [0.717, 1.165) is 32.1 Å². The van der Waals surface area contributed by atoms with Gasteiger partial charge in [-0.3, -0.25) is 4.79 Å². The number of amides is 1. The fourth-order valence-corrected chi connectivity index (χ4v) is 3.90. The summed E-state index contributed by atoms with van der Waals surface area (Å²) in [5.74, 6) is 0.653. The molecule has 160 valence electrons. The lowest BCUT2D eigenvalue weighted by Gasteiger charge is -2.36. The minimum absolute atomic E-state index is 0.0207. The summed E-state index contributed by atoms with van der Waals surface area (Å²) >= 11 is 0. The van der Waals surface area contributed by atoms with Crippen molar-refractivity contribution < 1.29 is 14.3 Å². The van der Waals surface area contributed by atoms with Crippen LogP contribution >= 0.6 is 0 Å². The molecule has 1 heterocycles. The standard InChI is InChI=1S/C22H34N4O3/c1-26(2)20(27)15-23-21(24-16-22(28-3)10-12-29-13-11-22)25-19-9-8-17-6-4-5-7-18(17)14-19/h4-7,19H,8-16H2,1-3H3,(H2,23,24,25). The Labute approximate surface area is 173 Å². The van der Waals surface area contributed by atoms with Crippen LogP contribution < -0.4 is 10.6 Å². The molecule has 3 rings (SSSR count). The number of fused-ring (bicyclic) bond motifs is 1. The van der Waals surface area contributed by atoms with Crippen LogP contribution in [-0.2, 0) is 27.1 Å². The van der Waals surface area contributed by atoms with Gasteiger partial charge in [0.05, 0.1) is 5.60 Å². The summed E-state index contributed by atoms with van der Waals surface area (Å²) in [7, 11) is 5.25. The average molecular weight is 403 g/mol. The van der Waals surface area contributed by atoms with Gasteiger partial charge in [0.15, 0.2) is 5.96 Å².